The normalized spacial score (nSPS) is 28.9. The Morgan fingerprint density at radius 2 is 1.27 bits per heavy atom. The molecule has 0 saturated carbocycles. The number of phenols is 1. The van der Waals surface area contributed by atoms with Crippen LogP contribution in [-0.2, 0) is 21.4 Å². The highest BCUT2D eigenvalue weighted by molar-refractivity contribution is 5.36. The van der Waals surface area contributed by atoms with Crippen LogP contribution in [0.25, 0.3) is 0 Å². The van der Waals surface area contributed by atoms with E-state index in [2.05, 4.69) is 0 Å². The van der Waals surface area contributed by atoms with E-state index < -0.39 is 11.1 Å². The zero-order valence-electron chi connectivity index (χ0n) is 12.7. The summed E-state index contributed by atoms with van der Waals surface area (Å²) in [6, 6.07) is 13.3. The van der Waals surface area contributed by atoms with E-state index in [4.69, 9.17) is 0 Å². The number of benzene rings is 2. The van der Waals surface area contributed by atoms with Crippen LogP contribution in [0.1, 0.15) is 37.8 Å². The molecule has 1 fully saturated rings. The first-order chi connectivity index (χ1) is 10.4. The molecule has 2 aromatic carbocycles. The zero-order valence-corrected chi connectivity index (χ0v) is 12.7. The van der Waals surface area contributed by atoms with Gasteiger partial charge in [-0.2, -0.15) is 0 Å². The van der Waals surface area contributed by atoms with Crippen LogP contribution in [-0.4, -0.2) is 10.2 Å². The van der Waals surface area contributed by atoms with Gasteiger partial charge in [0, 0.05) is 0 Å². The fourth-order valence-corrected chi connectivity index (χ4v) is 3.39. The molecule has 114 valence electrons. The van der Waals surface area contributed by atoms with Gasteiger partial charge in [0.25, 0.3) is 0 Å². The summed E-state index contributed by atoms with van der Waals surface area (Å²) in [5.74, 6) is 0.140. The third-order valence-corrected chi connectivity index (χ3v) is 4.96. The van der Waals surface area contributed by atoms with Crippen molar-refractivity contribution in [2.45, 2.75) is 37.8 Å². The molecule has 0 spiro atoms. The number of hydrogen-bond acceptors (Lipinski definition) is 2. The van der Waals surface area contributed by atoms with E-state index in [-0.39, 0.29) is 11.5 Å². The zero-order chi connectivity index (χ0) is 16.0. The molecule has 1 N–H and O–H groups in total. The molecule has 1 aliphatic rings. The van der Waals surface area contributed by atoms with Crippen molar-refractivity contribution in [2.24, 2.45) is 0 Å². The monoisotopic (exact) mass is 297 g/mol. The summed E-state index contributed by atoms with van der Waals surface area (Å²) in [7, 11) is 0. The molecule has 0 aliphatic carbocycles. The summed E-state index contributed by atoms with van der Waals surface area (Å²) in [4.78, 5) is 0. The summed E-state index contributed by atoms with van der Waals surface area (Å²) >= 11 is 0. The SMILES string of the molecule is C[C@@]1(c2ccc([O])cc2)CC[C@@](C)(c2ccc(O)cc2)N1[O]. The molecule has 2 atom stereocenters. The summed E-state index contributed by atoms with van der Waals surface area (Å²) in [6.45, 7) is 3.85. The lowest BCUT2D eigenvalue weighted by molar-refractivity contribution is -0.260. The molecule has 4 heteroatoms. The third kappa shape index (κ3) is 2.16. The fourth-order valence-electron chi connectivity index (χ4n) is 3.39. The average molecular weight is 297 g/mol. The van der Waals surface area contributed by atoms with Gasteiger partial charge in [0.15, 0.2) is 5.75 Å². The molecular weight excluding hydrogens is 278 g/mol. The largest absolute Gasteiger partial charge is 0.508 e. The Bertz CT molecular complexity index is 608. The lowest BCUT2D eigenvalue weighted by Crippen LogP contribution is -2.44. The van der Waals surface area contributed by atoms with Crippen molar-refractivity contribution in [3.05, 3.63) is 59.7 Å². The molecule has 1 aliphatic heterocycles. The second kappa shape index (κ2) is 5.00. The van der Waals surface area contributed by atoms with E-state index >= 15 is 0 Å². The van der Waals surface area contributed by atoms with Crippen molar-refractivity contribution >= 4 is 0 Å². The number of aromatic hydroxyl groups is 1. The highest BCUT2D eigenvalue weighted by Gasteiger charge is 2.52. The number of nitrogens with zero attached hydrogens (tertiary/aromatic N) is 1. The van der Waals surface area contributed by atoms with Gasteiger partial charge in [-0.05, 0) is 62.1 Å². The lowest BCUT2D eigenvalue weighted by Gasteiger charge is -2.37. The van der Waals surface area contributed by atoms with Gasteiger partial charge in [0.1, 0.15) is 5.75 Å². The second-order valence-corrected chi connectivity index (χ2v) is 6.41. The Balaban J connectivity index is 1.98. The molecule has 22 heavy (non-hydrogen) atoms. The third-order valence-electron chi connectivity index (χ3n) is 4.96. The van der Waals surface area contributed by atoms with Gasteiger partial charge in [-0.15, -0.1) is 10.3 Å². The Kier molecular flexibility index (Phi) is 3.38. The standard InChI is InChI=1S/C18H19NO3/c1-17(13-3-7-15(20)8-4-13)11-12-18(2,19(17)22)14-5-9-16(21)10-6-14/h3-10,20H,11-12H2,1-2H3/t17-,18-/m0/s1. The topological polar surface area (TPSA) is 63.3 Å². The first-order valence-electron chi connectivity index (χ1n) is 7.41. The quantitative estimate of drug-likeness (QED) is 0.906. The lowest BCUT2D eigenvalue weighted by atomic mass is 9.89. The second-order valence-electron chi connectivity index (χ2n) is 6.41. The average Bonchev–Trinajstić information content (AvgIpc) is 2.75. The van der Waals surface area contributed by atoms with Gasteiger partial charge in [0.2, 0.25) is 0 Å². The van der Waals surface area contributed by atoms with Crippen LogP contribution >= 0.6 is 0 Å². The van der Waals surface area contributed by atoms with Crippen molar-refractivity contribution in [3.8, 4) is 11.5 Å². The maximum atomic E-state index is 13.1. The number of hydrogen-bond donors (Lipinski definition) is 1. The minimum atomic E-state index is -0.652. The van der Waals surface area contributed by atoms with Gasteiger partial charge < -0.3 is 5.11 Å². The van der Waals surface area contributed by atoms with Crippen LogP contribution in [0.5, 0.6) is 11.5 Å². The highest BCUT2D eigenvalue weighted by Crippen LogP contribution is 2.51. The van der Waals surface area contributed by atoms with Crippen LogP contribution in [0.3, 0.4) is 0 Å². The van der Waals surface area contributed by atoms with Crippen LogP contribution in [0.15, 0.2) is 48.5 Å². The van der Waals surface area contributed by atoms with Crippen molar-refractivity contribution in [2.75, 3.05) is 0 Å². The Morgan fingerprint density at radius 3 is 1.73 bits per heavy atom. The summed E-state index contributed by atoms with van der Waals surface area (Å²) in [5.41, 5.74) is 0.466. The van der Waals surface area contributed by atoms with Crippen LogP contribution < -0.4 is 0 Å². The van der Waals surface area contributed by atoms with Gasteiger partial charge in [0.05, 0.1) is 11.1 Å². The predicted molar refractivity (Wildman–Crippen MR) is 81.1 cm³/mol. The summed E-state index contributed by atoms with van der Waals surface area (Å²) in [5, 5.41) is 35.0. The first kappa shape index (κ1) is 14.9. The molecule has 0 aromatic heterocycles. The number of rotatable bonds is 2. The molecule has 1 saturated heterocycles. The van der Waals surface area contributed by atoms with Crippen molar-refractivity contribution in [1.82, 2.24) is 5.06 Å². The minimum absolute atomic E-state index is 0.0518. The molecule has 3 rings (SSSR count). The van der Waals surface area contributed by atoms with Gasteiger partial charge in [-0.25, -0.2) is 0 Å². The molecule has 2 radical (unpaired) electrons. The van der Waals surface area contributed by atoms with E-state index in [1.165, 1.54) is 12.1 Å². The van der Waals surface area contributed by atoms with Crippen LogP contribution in [0, 0.1) is 0 Å². The van der Waals surface area contributed by atoms with Gasteiger partial charge in [-0.1, -0.05) is 24.3 Å². The Hall–Kier alpha value is -2.04. The molecule has 0 bridgehead atoms. The highest BCUT2D eigenvalue weighted by atomic mass is 16.5. The maximum Gasteiger partial charge on any atom is 0.178 e. The van der Waals surface area contributed by atoms with E-state index in [9.17, 15) is 15.4 Å². The summed E-state index contributed by atoms with van der Waals surface area (Å²) in [6.07, 6.45) is 1.43. The van der Waals surface area contributed by atoms with E-state index in [0.717, 1.165) is 22.6 Å². The van der Waals surface area contributed by atoms with Crippen molar-refractivity contribution in [1.29, 1.82) is 0 Å². The van der Waals surface area contributed by atoms with Crippen LogP contribution in [0.4, 0.5) is 0 Å². The summed E-state index contributed by atoms with van der Waals surface area (Å²) < 4.78 is 0. The van der Waals surface area contributed by atoms with E-state index in [0.29, 0.717) is 6.42 Å². The van der Waals surface area contributed by atoms with Crippen molar-refractivity contribution < 1.29 is 15.4 Å². The molecule has 0 unspecified atom stereocenters. The van der Waals surface area contributed by atoms with E-state index in [1.54, 1.807) is 36.4 Å². The molecule has 1 heterocycles. The van der Waals surface area contributed by atoms with Crippen LogP contribution in [0.2, 0.25) is 0 Å². The molecule has 0 amide bonds. The molecule has 4 nitrogen and oxygen atoms in total. The number of phenolic OH excluding ortho intramolecular Hbond substituents is 1. The number of hydroxylamine groups is 2. The molecular formula is C18H19NO3. The van der Waals surface area contributed by atoms with E-state index in [1.807, 2.05) is 13.8 Å². The minimum Gasteiger partial charge on any atom is -0.508 e. The smallest absolute Gasteiger partial charge is 0.178 e. The Labute approximate surface area is 130 Å². The fraction of sp³-hybridized carbons (Fsp3) is 0.333. The Morgan fingerprint density at radius 1 is 0.864 bits per heavy atom. The predicted octanol–water partition coefficient (Wildman–Crippen LogP) is 4.11. The molecule has 2 aromatic rings. The van der Waals surface area contributed by atoms with Gasteiger partial charge in [-0.3, -0.25) is 5.11 Å². The first-order valence-corrected chi connectivity index (χ1v) is 7.41. The van der Waals surface area contributed by atoms with Gasteiger partial charge >= 0.3 is 0 Å². The van der Waals surface area contributed by atoms with Crippen molar-refractivity contribution in [3.63, 3.8) is 0 Å². The maximum absolute atomic E-state index is 13.1.